The van der Waals surface area contributed by atoms with E-state index < -0.39 is 28.7 Å². The molecule has 238 valence electrons. The van der Waals surface area contributed by atoms with Crippen molar-refractivity contribution >= 4 is 68.6 Å². The van der Waals surface area contributed by atoms with Crippen LogP contribution in [0.3, 0.4) is 0 Å². The molecule has 6 rings (SSSR count). The van der Waals surface area contributed by atoms with E-state index in [1.54, 1.807) is 45.6 Å². The van der Waals surface area contributed by atoms with E-state index in [9.17, 15) is 24.8 Å². The molecule has 47 heavy (non-hydrogen) atoms. The van der Waals surface area contributed by atoms with Crippen molar-refractivity contribution in [3.8, 4) is 6.07 Å². The average molecular weight is 673 g/mol. The van der Waals surface area contributed by atoms with Crippen LogP contribution >= 0.6 is 23.2 Å². The lowest BCUT2D eigenvalue weighted by molar-refractivity contribution is -0.126. The smallest absolute Gasteiger partial charge is 0.341 e. The highest BCUT2D eigenvalue weighted by atomic mass is 35.5. The van der Waals surface area contributed by atoms with Gasteiger partial charge in [0.2, 0.25) is 5.43 Å². The number of halogens is 3. The average Bonchev–Trinajstić information content (AvgIpc) is 3.41. The maximum Gasteiger partial charge on any atom is 0.341 e. The molecule has 0 saturated carbocycles. The van der Waals surface area contributed by atoms with E-state index >= 15 is 4.39 Å². The fraction of sp³-hybridized carbons (Fsp3) is 0.200. The molecule has 1 fully saturated rings. The molecule has 2 aromatic heterocycles. The Morgan fingerprint density at radius 1 is 0.957 bits per heavy atom. The molecule has 0 bridgehead atoms. The van der Waals surface area contributed by atoms with Crippen LogP contribution in [0.4, 0.5) is 10.1 Å². The van der Waals surface area contributed by atoms with E-state index in [1.807, 2.05) is 41.1 Å². The normalized spacial score (nSPS) is 13.7. The first-order valence-electron chi connectivity index (χ1n) is 14.9. The zero-order chi connectivity index (χ0) is 33.4. The summed E-state index contributed by atoms with van der Waals surface area (Å²) in [5.74, 6) is -2.45. The molecule has 5 aromatic rings. The van der Waals surface area contributed by atoms with Crippen molar-refractivity contribution in [3.05, 3.63) is 115 Å². The summed E-state index contributed by atoms with van der Waals surface area (Å²) in [6, 6.07) is 17.9. The number of carboxylic acid groups (broad SMARTS) is 1. The summed E-state index contributed by atoms with van der Waals surface area (Å²) in [5.41, 5.74) is 2.07. The first-order chi connectivity index (χ1) is 22.6. The second-order valence-corrected chi connectivity index (χ2v) is 12.0. The largest absolute Gasteiger partial charge is 0.477 e. The maximum absolute atomic E-state index is 15.4. The lowest BCUT2D eigenvalue weighted by Crippen LogP contribution is -2.49. The molecule has 0 spiro atoms. The van der Waals surface area contributed by atoms with Crippen molar-refractivity contribution in [2.24, 2.45) is 0 Å². The van der Waals surface area contributed by atoms with Crippen molar-refractivity contribution in [1.29, 1.82) is 5.26 Å². The topological polar surface area (TPSA) is 112 Å². The van der Waals surface area contributed by atoms with Crippen LogP contribution < -0.4 is 10.3 Å². The molecule has 3 aromatic carbocycles. The Morgan fingerprint density at radius 3 is 2.38 bits per heavy atom. The SMILES string of the molecule is CCn1cc(C(=O)O)c(=O)c2cc(F)c(N3CCN(C(=O)/C(C#N)=C/c4cn(Cc5ccc(Cl)c(Cl)c5)c5ccccc45)CC3)cc21. The zero-order valence-corrected chi connectivity index (χ0v) is 26.7. The van der Waals surface area contributed by atoms with Crippen LogP contribution in [0.25, 0.3) is 27.9 Å². The fourth-order valence-corrected chi connectivity index (χ4v) is 6.35. The quantitative estimate of drug-likeness (QED) is 0.158. The predicted octanol–water partition coefficient (Wildman–Crippen LogP) is 6.42. The molecule has 1 saturated heterocycles. The van der Waals surface area contributed by atoms with Gasteiger partial charge in [0.15, 0.2) is 0 Å². The van der Waals surface area contributed by atoms with Crippen molar-refractivity contribution in [2.75, 3.05) is 31.1 Å². The summed E-state index contributed by atoms with van der Waals surface area (Å²) in [6.45, 7) is 3.75. The Balaban J connectivity index is 1.23. The van der Waals surface area contributed by atoms with E-state index in [-0.39, 0.29) is 29.7 Å². The van der Waals surface area contributed by atoms with Gasteiger partial charge in [-0.2, -0.15) is 5.26 Å². The Bertz CT molecular complexity index is 2210. The number of carbonyl (C=O) groups excluding carboxylic acids is 1. The number of aryl methyl sites for hydroxylation is 1. The number of nitriles is 1. The molecule has 0 atom stereocenters. The van der Waals surface area contributed by atoms with Crippen LogP contribution in [0.1, 0.15) is 28.4 Å². The summed E-state index contributed by atoms with van der Waals surface area (Å²) in [5, 5.41) is 21.2. The fourth-order valence-electron chi connectivity index (χ4n) is 6.03. The van der Waals surface area contributed by atoms with Gasteiger partial charge in [-0.3, -0.25) is 9.59 Å². The molecule has 0 aliphatic carbocycles. The van der Waals surface area contributed by atoms with Crippen LogP contribution in [-0.2, 0) is 17.9 Å². The van der Waals surface area contributed by atoms with Gasteiger partial charge in [0.05, 0.1) is 21.2 Å². The number of piperazine rings is 1. The van der Waals surface area contributed by atoms with Gasteiger partial charge < -0.3 is 24.0 Å². The number of carboxylic acids is 1. The first kappa shape index (κ1) is 31.9. The highest BCUT2D eigenvalue weighted by Crippen LogP contribution is 2.29. The number of carbonyl (C=O) groups is 2. The zero-order valence-electron chi connectivity index (χ0n) is 25.2. The first-order valence-corrected chi connectivity index (χ1v) is 15.6. The summed E-state index contributed by atoms with van der Waals surface area (Å²) in [4.78, 5) is 41.2. The molecule has 12 heteroatoms. The van der Waals surface area contributed by atoms with E-state index in [0.717, 1.165) is 28.1 Å². The van der Waals surface area contributed by atoms with Gasteiger partial charge in [0.1, 0.15) is 23.0 Å². The maximum atomic E-state index is 15.4. The molecule has 3 heterocycles. The second kappa shape index (κ2) is 12.9. The molecule has 1 aliphatic heterocycles. The number of hydrogen-bond acceptors (Lipinski definition) is 5. The molecular formula is C35H28Cl2FN5O4. The highest BCUT2D eigenvalue weighted by Gasteiger charge is 2.26. The standard InChI is InChI=1S/C35H28Cl2FN5O4/c1-2-40-20-26(35(46)47)33(44)25-15-29(38)32(16-31(25)40)41-9-11-42(12-10-41)34(45)22(17-39)14-23-19-43(30-6-4-3-5-24(23)30)18-21-7-8-27(36)28(37)13-21/h3-8,13-16,19-20H,2,9-12,18H2,1H3,(H,46,47)/b22-14+. The van der Waals surface area contributed by atoms with Crippen molar-refractivity contribution < 1.29 is 19.1 Å². The number of nitrogens with zero attached hydrogens (tertiary/aromatic N) is 5. The van der Waals surface area contributed by atoms with Crippen LogP contribution in [0.5, 0.6) is 0 Å². The van der Waals surface area contributed by atoms with Gasteiger partial charge in [0.25, 0.3) is 5.91 Å². The Morgan fingerprint density at radius 2 is 1.70 bits per heavy atom. The van der Waals surface area contributed by atoms with Crippen LogP contribution in [-0.4, -0.2) is 57.2 Å². The van der Waals surface area contributed by atoms with E-state index in [1.165, 1.54) is 6.20 Å². The number of benzene rings is 3. The number of anilines is 1. The lowest BCUT2D eigenvalue weighted by Gasteiger charge is -2.36. The number of rotatable bonds is 7. The van der Waals surface area contributed by atoms with Crippen LogP contribution in [0, 0.1) is 17.1 Å². The summed E-state index contributed by atoms with van der Waals surface area (Å²) in [7, 11) is 0. The van der Waals surface area contributed by atoms with Gasteiger partial charge in [0, 0.05) is 73.5 Å². The minimum Gasteiger partial charge on any atom is -0.477 e. The van der Waals surface area contributed by atoms with Gasteiger partial charge in [-0.1, -0.05) is 47.5 Å². The van der Waals surface area contributed by atoms with Crippen molar-refractivity contribution in [1.82, 2.24) is 14.0 Å². The Hall–Kier alpha value is -5.11. The van der Waals surface area contributed by atoms with Crippen LogP contribution in [0.15, 0.2) is 77.4 Å². The molecule has 1 aliphatic rings. The minimum atomic E-state index is -1.37. The molecule has 0 unspecified atom stereocenters. The highest BCUT2D eigenvalue weighted by molar-refractivity contribution is 6.42. The summed E-state index contributed by atoms with van der Waals surface area (Å²) in [6.07, 6.45) is 4.76. The number of amides is 1. The van der Waals surface area contributed by atoms with Gasteiger partial charge in [-0.25, -0.2) is 9.18 Å². The molecular weight excluding hydrogens is 644 g/mol. The molecule has 9 nitrogen and oxygen atoms in total. The van der Waals surface area contributed by atoms with E-state index in [2.05, 4.69) is 6.07 Å². The predicted molar refractivity (Wildman–Crippen MR) is 181 cm³/mol. The van der Waals surface area contributed by atoms with E-state index in [0.29, 0.717) is 41.7 Å². The summed E-state index contributed by atoms with van der Waals surface area (Å²) < 4.78 is 19.0. The lowest BCUT2D eigenvalue weighted by atomic mass is 10.1. The minimum absolute atomic E-state index is 0.0102. The number of aromatic nitrogens is 2. The van der Waals surface area contributed by atoms with Crippen LogP contribution in [0.2, 0.25) is 10.0 Å². The summed E-state index contributed by atoms with van der Waals surface area (Å²) >= 11 is 12.3. The number of para-hydroxylation sites is 1. The van der Waals surface area contributed by atoms with Gasteiger partial charge >= 0.3 is 5.97 Å². The number of hydrogen-bond donors (Lipinski definition) is 1. The number of pyridine rings is 1. The Kier molecular flexibility index (Phi) is 8.78. The number of aromatic carboxylic acids is 1. The number of fused-ring (bicyclic) bond motifs is 2. The second-order valence-electron chi connectivity index (χ2n) is 11.2. The van der Waals surface area contributed by atoms with E-state index in [4.69, 9.17) is 23.2 Å². The monoisotopic (exact) mass is 671 g/mol. The molecule has 1 N–H and O–H groups in total. The molecule has 1 amide bonds. The van der Waals surface area contributed by atoms with Crippen molar-refractivity contribution in [2.45, 2.75) is 20.0 Å². The van der Waals surface area contributed by atoms with Gasteiger partial charge in [-0.05, 0) is 48.9 Å². The van der Waals surface area contributed by atoms with Crippen molar-refractivity contribution in [3.63, 3.8) is 0 Å². The third kappa shape index (κ3) is 6.08. The Labute approximate surface area is 278 Å². The third-order valence-corrected chi connectivity index (χ3v) is 9.17. The molecule has 0 radical (unpaired) electrons. The third-order valence-electron chi connectivity index (χ3n) is 8.43. The van der Waals surface area contributed by atoms with Gasteiger partial charge in [-0.15, -0.1) is 0 Å².